The monoisotopic (exact) mass is 353 g/mol. The molecule has 3 nitrogen and oxygen atoms in total. The first-order valence-corrected chi connectivity index (χ1v) is 4.02. The molecule has 0 fully saturated rings. The summed E-state index contributed by atoms with van der Waals surface area (Å²) in [4.78, 5) is 16.4. The first kappa shape index (κ1) is 11.8. The topological polar surface area (TPSA) is 33.2 Å². The van der Waals surface area contributed by atoms with Gasteiger partial charge < -0.3 is 21.2 Å². The van der Waals surface area contributed by atoms with Gasteiger partial charge in [0.05, 0.1) is 0 Å². The number of carbonyl (C=O) groups is 1. The largest absolute Gasteiger partial charge is 0.370 e. The Balaban J connectivity index is 0.00000121. The van der Waals surface area contributed by atoms with Crippen LogP contribution in [0, 0.1) is 12.3 Å². The second-order valence-electron chi connectivity index (χ2n) is 2.26. The van der Waals surface area contributed by atoms with Gasteiger partial charge in [0.25, 0.3) is 0 Å². The SMILES string of the molecule is CC(=O)N(C)c1nc(C)[c-]s1.[W]. The molecule has 0 aliphatic rings. The van der Waals surface area contributed by atoms with Crippen LogP contribution in [0.5, 0.6) is 0 Å². The second-order valence-corrected chi connectivity index (χ2v) is 3.04. The molecule has 0 radical (unpaired) electrons. The first-order valence-electron chi connectivity index (χ1n) is 3.20. The van der Waals surface area contributed by atoms with Crippen molar-refractivity contribution in [3.05, 3.63) is 11.1 Å². The number of amides is 1. The maximum Gasteiger partial charge on any atom is 0.209 e. The number of thiazole rings is 1. The van der Waals surface area contributed by atoms with Crippen LogP contribution in [0.2, 0.25) is 0 Å². The molecule has 0 atom stereocenters. The number of hydrogen-bond acceptors (Lipinski definition) is 3. The Labute approximate surface area is 90.1 Å². The Morgan fingerprint density at radius 2 is 2.25 bits per heavy atom. The van der Waals surface area contributed by atoms with E-state index >= 15 is 0 Å². The first-order chi connectivity index (χ1) is 5.11. The molecule has 0 spiro atoms. The summed E-state index contributed by atoms with van der Waals surface area (Å²) in [6.07, 6.45) is 0. The summed E-state index contributed by atoms with van der Waals surface area (Å²) >= 11 is 1.35. The van der Waals surface area contributed by atoms with E-state index in [2.05, 4.69) is 10.4 Å². The summed E-state index contributed by atoms with van der Waals surface area (Å²) < 4.78 is 0. The van der Waals surface area contributed by atoms with Crippen molar-refractivity contribution in [2.45, 2.75) is 13.8 Å². The predicted molar refractivity (Wildman–Crippen MR) is 44.8 cm³/mol. The zero-order chi connectivity index (χ0) is 8.43. The Hall–Kier alpha value is -0.212. The van der Waals surface area contributed by atoms with E-state index in [-0.39, 0.29) is 27.0 Å². The van der Waals surface area contributed by atoms with E-state index in [1.165, 1.54) is 23.2 Å². The van der Waals surface area contributed by atoms with Gasteiger partial charge in [-0.1, -0.05) is 5.69 Å². The predicted octanol–water partition coefficient (Wildman–Crippen LogP) is 1.23. The summed E-state index contributed by atoms with van der Waals surface area (Å²) in [5.74, 6) is -0.00671. The van der Waals surface area contributed by atoms with E-state index in [0.717, 1.165) is 5.69 Å². The van der Waals surface area contributed by atoms with Gasteiger partial charge >= 0.3 is 0 Å². The molecule has 1 aromatic heterocycles. The maximum atomic E-state index is 10.8. The molecule has 0 N–H and O–H groups in total. The van der Waals surface area contributed by atoms with E-state index < -0.39 is 0 Å². The third-order valence-corrected chi connectivity index (χ3v) is 2.26. The van der Waals surface area contributed by atoms with Crippen LogP contribution in [-0.4, -0.2) is 17.9 Å². The molecule has 5 heteroatoms. The fourth-order valence-electron chi connectivity index (χ4n) is 0.587. The van der Waals surface area contributed by atoms with Gasteiger partial charge in [-0.25, -0.2) is 0 Å². The zero-order valence-electron chi connectivity index (χ0n) is 7.12. The van der Waals surface area contributed by atoms with Crippen LogP contribution in [0.15, 0.2) is 0 Å². The second kappa shape index (κ2) is 4.73. The smallest absolute Gasteiger partial charge is 0.209 e. The molecule has 0 saturated heterocycles. The molecule has 1 rings (SSSR count). The van der Waals surface area contributed by atoms with Crippen molar-refractivity contribution in [2.24, 2.45) is 0 Å². The fraction of sp³-hybridized carbons (Fsp3) is 0.429. The van der Waals surface area contributed by atoms with Crippen molar-refractivity contribution in [2.75, 3.05) is 11.9 Å². The molecule has 1 amide bonds. The van der Waals surface area contributed by atoms with Gasteiger partial charge in [-0.05, 0) is 14.0 Å². The Bertz CT molecular complexity index is 274. The van der Waals surface area contributed by atoms with E-state index in [1.54, 1.807) is 7.05 Å². The van der Waals surface area contributed by atoms with Crippen molar-refractivity contribution in [3.63, 3.8) is 0 Å². The molecule has 0 saturated carbocycles. The van der Waals surface area contributed by atoms with Crippen LogP contribution in [0.1, 0.15) is 12.6 Å². The number of anilines is 1. The van der Waals surface area contributed by atoms with Gasteiger partial charge in [0.15, 0.2) is 0 Å². The molecule has 1 aromatic rings. The van der Waals surface area contributed by atoms with E-state index in [0.29, 0.717) is 5.13 Å². The van der Waals surface area contributed by atoms with E-state index in [9.17, 15) is 4.79 Å². The van der Waals surface area contributed by atoms with Crippen LogP contribution in [0.3, 0.4) is 0 Å². The van der Waals surface area contributed by atoms with Gasteiger partial charge in [-0.3, -0.25) is 4.79 Å². The molecule has 0 bridgehead atoms. The summed E-state index contributed by atoms with van der Waals surface area (Å²) in [6.45, 7) is 3.37. The quantitative estimate of drug-likeness (QED) is 0.712. The molecule has 66 valence electrons. The van der Waals surface area contributed by atoms with Crippen LogP contribution in [0.4, 0.5) is 5.13 Å². The Morgan fingerprint density at radius 3 is 2.58 bits per heavy atom. The minimum absolute atomic E-state index is 0. The van der Waals surface area contributed by atoms with Crippen molar-refractivity contribution in [1.29, 1.82) is 0 Å². The van der Waals surface area contributed by atoms with Gasteiger partial charge in [-0.2, -0.15) is 5.38 Å². The van der Waals surface area contributed by atoms with Gasteiger partial charge in [0.1, 0.15) is 0 Å². The minimum atomic E-state index is -0.00671. The molecule has 1 heterocycles. The molecule has 12 heavy (non-hydrogen) atoms. The van der Waals surface area contributed by atoms with Crippen LogP contribution in [-0.2, 0) is 25.9 Å². The molecular weight excluding hydrogens is 344 g/mol. The van der Waals surface area contributed by atoms with Gasteiger partial charge in [0, 0.05) is 33.1 Å². The summed E-state index contributed by atoms with van der Waals surface area (Å²) in [5.41, 5.74) is 0.832. The van der Waals surface area contributed by atoms with Crippen molar-refractivity contribution in [1.82, 2.24) is 4.98 Å². The van der Waals surface area contributed by atoms with Gasteiger partial charge in [-0.15, -0.1) is 0 Å². The number of aromatic nitrogens is 1. The van der Waals surface area contributed by atoms with Gasteiger partial charge in [0.2, 0.25) is 5.91 Å². The number of hydrogen-bond donors (Lipinski definition) is 0. The normalized spacial score (nSPS) is 8.92. The van der Waals surface area contributed by atoms with Crippen LogP contribution >= 0.6 is 11.3 Å². The van der Waals surface area contributed by atoms with Crippen molar-refractivity contribution in [3.8, 4) is 0 Å². The molecule has 0 aromatic carbocycles. The third kappa shape index (κ3) is 2.68. The standard InChI is InChI=1S/C7H9N2OS.W/c1-5-4-11-7(8-5)9(3)6(2)10;/h1-3H3;/q-1;. The molecule has 0 aliphatic heterocycles. The van der Waals surface area contributed by atoms with E-state index in [1.807, 2.05) is 6.92 Å². The number of nitrogens with zero attached hydrogens (tertiary/aromatic N) is 2. The fourth-order valence-corrected chi connectivity index (χ4v) is 1.32. The van der Waals surface area contributed by atoms with Crippen LogP contribution < -0.4 is 4.90 Å². The molecular formula is C7H9N2OSW-. The molecule has 0 aliphatic carbocycles. The third-order valence-electron chi connectivity index (χ3n) is 1.31. The average molecular weight is 353 g/mol. The Morgan fingerprint density at radius 1 is 1.67 bits per heavy atom. The summed E-state index contributed by atoms with van der Waals surface area (Å²) in [7, 11) is 1.70. The Kier molecular flexibility index (Phi) is 4.64. The van der Waals surface area contributed by atoms with Crippen LogP contribution in [0.25, 0.3) is 0 Å². The minimum Gasteiger partial charge on any atom is -0.370 e. The van der Waals surface area contributed by atoms with Crippen molar-refractivity contribution >= 4 is 22.4 Å². The summed E-state index contributed by atoms with van der Waals surface area (Å²) in [5, 5.41) is 3.64. The molecule has 0 unspecified atom stereocenters. The number of aryl methyl sites for hydroxylation is 1. The maximum absolute atomic E-state index is 10.8. The van der Waals surface area contributed by atoms with Crippen molar-refractivity contribution < 1.29 is 25.9 Å². The average Bonchev–Trinajstić information content (AvgIpc) is 2.34. The summed E-state index contributed by atoms with van der Waals surface area (Å²) in [6, 6.07) is 0. The van der Waals surface area contributed by atoms with E-state index in [4.69, 9.17) is 0 Å². The zero-order valence-corrected chi connectivity index (χ0v) is 10.9. The number of rotatable bonds is 1. The number of carbonyl (C=O) groups excluding carboxylic acids is 1.